The zero-order chi connectivity index (χ0) is 25.0. The Morgan fingerprint density at radius 2 is 1.94 bits per heavy atom. The monoisotopic (exact) mass is 506 g/mol. The van der Waals surface area contributed by atoms with Crippen molar-refractivity contribution in [2.75, 3.05) is 38.6 Å². The molecule has 10 heteroatoms. The molecule has 1 aliphatic rings. The summed E-state index contributed by atoms with van der Waals surface area (Å²) in [5.41, 5.74) is 0.972. The van der Waals surface area contributed by atoms with Crippen LogP contribution in [0.1, 0.15) is 41.3 Å². The van der Waals surface area contributed by atoms with Crippen LogP contribution in [0.15, 0.2) is 36.4 Å². The highest BCUT2D eigenvalue weighted by molar-refractivity contribution is 7.80. The van der Waals surface area contributed by atoms with Gasteiger partial charge in [0.25, 0.3) is 5.91 Å². The number of anilines is 1. The van der Waals surface area contributed by atoms with E-state index in [1.807, 2.05) is 43.0 Å². The van der Waals surface area contributed by atoms with Crippen molar-refractivity contribution in [2.45, 2.75) is 25.2 Å². The number of nitrogens with zero attached hydrogens (tertiary/aromatic N) is 1. The van der Waals surface area contributed by atoms with Crippen LogP contribution >= 0.6 is 23.8 Å². The molecular weight excluding hydrogens is 479 g/mol. The third kappa shape index (κ3) is 5.01. The Hall–Kier alpha value is -2.75. The van der Waals surface area contributed by atoms with Crippen LogP contribution in [0, 0.1) is 5.82 Å². The van der Waals surface area contributed by atoms with E-state index in [0.29, 0.717) is 11.7 Å². The lowest BCUT2D eigenvalue weighted by atomic mass is 9.69. The molecule has 34 heavy (non-hydrogen) atoms. The number of thiocarbonyl (C=S) groups is 1. The van der Waals surface area contributed by atoms with Gasteiger partial charge < -0.3 is 26.0 Å². The molecule has 1 fully saturated rings. The molecule has 1 saturated heterocycles. The second kappa shape index (κ2) is 10.7. The fourth-order valence-corrected chi connectivity index (χ4v) is 4.51. The number of nitrogens with one attached hydrogen (secondary N) is 3. The van der Waals surface area contributed by atoms with E-state index >= 15 is 0 Å². The second-order valence-electron chi connectivity index (χ2n) is 8.48. The lowest BCUT2D eigenvalue weighted by molar-refractivity contribution is -0.126. The second-order valence-corrected chi connectivity index (χ2v) is 9.27. The Balaban J connectivity index is 2.01. The predicted molar refractivity (Wildman–Crippen MR) is 135 cm³/mol. The molecule has 0 aromatic heterocycles. The van der Waals surface area contributed by atoms with Gasteiger partial charge in [-0.25, -0.2) is 4.39 Å². The predicted octanol–water partition coefficient (Wildman–Crippen LogP) is 3.02. The van der Waals surface area contributed by atoms with E-state index in [0.717, 1.165) is 17.2 Å². The summed E-state index contributed by atoms with van der Waals surface area (Å²) in [7, 11) is 1.44. The quantitative estimate of drug-likeness (QED) is 0.431. The molecule has 2 aromatic carbocycles. The van der Waals surface area contributed by atoms with Gasteiger partial charge in [0.2, 0.25) is 5.91 Å². The lowest BCUT2D eigenvalue weighted by Crippen LogP contribution is -2.68. The number of carbonyl (C=O) groups excluding carboxylic acids is 2. The number of hydrogen-bond donors (Lipinski definition) is 4. The Morgan fingerprint density at radius 3 is 2.56 bits per heavy atom. The highest BCUT2D eigenvalue weighted by atomic mass is 35.5. The van der Waals surface area contributed by atoms with Crippen LogP contribution in [0.5, 0.6) is 0 Å². The van der Waals surface area contributed by atoms with E-state index in [9.17, 15) is 14.0 Å². The molecule has 4 N–H and O–H groups in total. The van der Waals surface area contributed by atoms with Gasteiger partial charge in [-0.05, 0) is 41.4 Å². The van der Waals surface area contributed by atoms with Crippen LogP contribution in [-0.2, 0) is 10.2 Å². The normalized spacial score (nSPS) is 14.4. The van der Waals surface area contributed by atoms with E-state index < -0.39 is 17.1 Å². The fraction of sp³-hybridized carbons (Fsp3) is 0.375. The number of rotatable bonds is 7. The summed E-state index contributed by atoms with van der Waals surface area (Å²) in [4.78, 5) is 28.0. The minimum absolute atomic E-state index is 0.0343. The first kappa shape index (κ1) is 25.9. The van der Waals surface area contributed by atoms with Crippen LogP contribution in [0.2, 0.25) is 5.02 Å². The molecule has 0 bridgehead atoms. The third-order valence-electron chi connectivity index (χ3n) is 5.91. The number of carbonyl (C=O) groups is 2. The summed E-state index contributed by atoms with van der Waals surface area (Å²) in [6.45, 7) is 4.90. The van der Waals surface area contributed by atoms with Crippen LogP contribution in [0.4, 0.5) is 10.1 Å². The zero-order valence-corrected chi connectivity index (χ0v) is 20.8. The van der Waals surface area contributed by atoms with Crippen LogP contribution < -0.4 is 16.0 Å². The van der Waals surface area contributed by atoms with Crippen molar-refractivity contribution < 1.29 is 19.1 Å². The summed E-state index contributed by atoms with van der Waals surface area (Å²) in [5, 5.41) is 17.5. The highest BCUT2D eigenvalue weighted by Gasteiger charge is 2.52. The maximum absolute atomic E-state index is 14.3. The molecule has 3 rings (SSSR count). The van der Waals surface area contributed by atoms with Crippen molar-refractivity contribution in [3.05, 3.63) is 63.9 Å². The molecule has 0 atom stereocenters. The third-order valence-corrected chi connectivity index (χ3v) is 6.60. The molecule has 2 amide bonds. The summed E-state index contributed by atoms with van der Waals surface area (Å²) in [5.74, 6) is -1.47. The first-order chi connectivity index (χ1) is 16.1. The van der Waals surface area contributed by atoms with Gasteiger partial charge in [0, 0.05) is 26.7 Å². The molecule has 2 aromatic rings. The Morgan fingerprint density at radius 1 is 1.26 bits per heavy atom. The van der Waals surface area contributed by atoms with Crippen LogP contribution in [-0.4, -0.2) is 60.2 Å². The molecule has 182 valence electrons. The van der Waals surface area contributed by atoms with Gasteiger partial charge in [0.15, 0.2) is 5.11 Å². The Bertz CT molecular complexity index is 1110. The van der Waals surface area contributed by atoms with Crippen molar-refractivity contribution in [1.29, 1.82) is 0 Å². The largest absolute Gasteiger partial charge is 0.395 e. The van der Waals surface area contributed by atoms with E-state index in [2.05, 4.69) is 16.0 Å². The van der Waals surface area contributed by atoms with Crippen LogP contribution in [0.3, 0.4) is 0 Å². The van der Waals surface area contributed by atoms with Crippen molar-refractivity contribution >= 4 is 46.4 Å². The SMILES string of the molecule is CNC(=O)c1cc(Cl)c(F)cc1NC(=O)C1(c2ccccc2C(C)C)CN(C(=S)NCCO)C1. The summed E-state index contributed by atoms with van der Waals surface area (Å²) < 4.78 is 14.3. The smallest absolute Gasteiger partial charge is 0.253 e. The molecular formula is C24H28ClFN4O3S. The van der Waals surface area contributed by atoms with Crippen molar-refractivity contribution in [2.24, 2.45) is 0 Å². The van der Waals surface area contributed by atoms with Gasteiger partial charge in [-0.2, -0.15) is 0 Å². The fourth-order valence-electron chi connectivity index (χ4n) is 4.11. The van der Waals surface area contributed by atoms with Crippen molar-refractivity contribution in [1.82, 2.24) is 15.5 Å². The van der Waals surface area contributed by atoms with Gasteiger partial charge in [-0.3, -0.25) is 9.59 Å². The van der Waals surface area contributed by atoms with Gasteiger partial charge in [0.05, 0.1) is 22.9 Å². The molecule has 1 heterocycles. The van der Waals surface area contributed by atoms with Crippen molar-refractivity contribution in [3.8, 4) is 0 Å². The minimum Gasteiger partial charge on any atom is -0.395 e. The summed E-state index contributed by atoms with van der Waals surface area (Å²) in [6.07, 6.45) is 0. The van der Waals surface area contributed by atoms with E-state index in [-0.39, 0.29) is 47.8 Å². The number of halogens is 2. The molecule has 0 unspecified atom stereocenters. The van der Waals surface area contributed by atoms with Gasteiger partial charge in [-0.1, -0.05) is 49.7 Å². The topological polar surface area (TPSA) is 93.7 Å². The number of hydrogen-bond acceptors (Lipinski definition) is 4. The number of amides is 2. The maximum Gasteiger partial charge on any atom is 0.253 e. The maximum atomic E-state index is 14.3. The molecule has 7 nitrogen and oxygen atoms in total. The van der Waals surface area contributed by atoms with E-state index in [1.165, 1.54) is 13.1 Å². The van der Waals surface area contributed by atoms with Gasteiger partial charge >= 0.3 is 0 Å². The zero-order valence-electron chi connectivity index (χ0n) is 19.2. The Labute approximate surface area is 208 Å². The summed E-state index contributed by atoms with van der Waals surface area (Å²) >= 11 is 11.3. The standard InChI is InChI=1S/C24H28ClFN4O3S/c1-14(2)15-6-4-5-7-17(15)24(12-30(13-24)23(34)28-8-9-31)22(33)29-20-11-19(26)18(25)10-16(20)21(32)27-3/h4-7,10-11,14,31H,8-9,12-13H2,1-3H3,(H,27,32)(H,28,34)(H,29,33). The van der Waals surface area contributed by atoms with E-state index in [1.54, 1.807) is 0 Å². The number of benzene rings is 2. The number of aliphatic hydroxyl groups is 1. The number of aliphatic hydroxyl groups excluding tert-OH is 1. The molecule has 0 radical (unpaired) electrons. The minimum atomic E-state index is -0.984. The average Bonchev–Trinajstić information content (AvgIpc) is 2.78. The van der Waals surface area contributed by atoms with Crippen molar-refractivity contribution in [3.63, 3.8) is 0 Å². The summed E-state index contributed by atoms with van der Waals surface area (Å²) in [6, 6.07) is 9.94. The number of likely N-dealkylation sites (tertiary alicyclic amines) is 1. The highest BCUT2D eigenvalue weighted by Crippen LogP contribution is 2.40. The molecule has 1 aliphatic heterocycles. The average molecular weight is 507 g/mol. The first-order valence-corrected chi connectivity index (χ1v) is 11.7. The lowest BCUT2D eigenvalue weighted by Gasteiger charge is -2.51. The Kier molecular flexibility index (Phi) is 8.12. The van der Waals surface area contributed by atoms with E-state index in [4.69, 9.17) is 28.9 Å². The van der Waals surface area contributed by atoms with Gasteiger partial charge in [0.1, 0.15) is 11.2 Å². The van der Waals surface area contributed by atoms with Crippen LogP contribution in [0.25, 0.3) is 0 Å². The first-order valence-electron chi connectivity index (χ1n) is 10.9. The molecule has 0 spiro atoms. The molecule has 0 aliphatic carbocycles. The van der Waals surface area contributed by atoms with Gasteiger partial charge in [-0.15, -0.1) is 0 Å². The molecule has 0 saturated carbocycles.